The van der Waals surface area contributed by atoms with Gasteiger partial charge in [0.25, 0.3) is 0 Å². The second-order valence-corrected chi connectivity index (χ2v) is 8.88. The SMILES string of the molecule is CC(=O)N1CCC(NC2CCN(S(=O)(=O)c3ccccc3)CC2)CC1. The quantitative estimate of drug-likeness (QED) is 0.877. The van der Waals surface area contributed by atoms with Crippen molar-refractivity contribution in [3.05, 3.63) is 30.3 Å². The van der Waals surface area contributed by atoms with E-state index in [9.17, 15) is 13.2 Å². The average Bonchev–Trinajstić information content (AvgIpc) is 2.63. The molecule has 0 spiro atoms. The van der Waals surface area contributed by atoms with Gasteiger partial charge in [-0.1, -0.05) is 18.2 Å². The Kier molecular flexibility index (Phi) is 5.76. The lowest BCUT2D eigenvalue weighted by Gasteiger charge is -2.37. The molecule has 0 radical (unpaired) electrons. The molecular formula is C18H27N3O3S. The predicted molar refractivity (Wildman–Crippen MR) is 96.6 cm³/mol. The smallest absolute Gasteiger partial charge is 0.243 e. The first-order valence-corrected chi connectivity index (χ1v) is 10.5. The van der Waals surface area contributed by atoms with Crippen LogP contribution in [0.2, 0.25) is 0 Å². The van der Waals surface area contributed by atoms with Crippen LogP contribution < -0.4 is 5.32 Å². The maximum atomic E-state index is 12.7. The van der Waals surface area contributed by atoms with E-state index in [2.05, 4.69) is 5.32 Å². The minimum Gasteiger partial charge on any atom is -0.343 e. The maximum Gasteiger partial charge on any atom is 0.243 e. The Hall–Kier alpha value is -1.44. The van der Waals surface area contributed by atoms with Gasteiger partial charge >= 0.3 is 0 Å². The number of benzene rings is 1. The lowest BCUT2D eigenvalue weighted by atomic mass is 10.0. The summed E-state index contributed by atoms with van der Waals surface area (Å²) in [5.74, 6) is 0.151. The van der Waals surface area contributed by atoms with E-state index in [1.54, 1.807) is 35.5 Å². The zero-order chi connectivity index (χ0) is 17.9. The third-order valence-corrected chi connectivity index (χ3v) is 7.16. The highest BCUT2D eigenvalue weighted by Gasteiger charge is 2.30. The molecule has 1 aromatic rings. The number of likely N-dealkylation sites (tertiary alicyclic amines) is 1. The molecule has 1 amide bonds. The van der Waals surface area contributed by atoms with Crippen LogP contribution in [-0.2, 0) is 14.8 Å². The van der Waals surface area contributed by atoms with Crippen molar-refractivity contribution in [2.75, 3.05) is 26.2 Å². The Labute approximate surface area is 150 Å². The van der Waals surface area contributed by atoms with Crippen LogP contribution in [0.5, 0.6) is 0 Å². The number of nitrogens with zero attached hydrogens (tertiary/aromatic N) is 2. The molecule has 2 heterocycles. The summed E-state index contributed by atoms with van der Waals surface area (Å²) in [4.78, 5) is 13.7. The molecule has 6 nitrogen and oxygen atoms in total. The minimum absolute atomic E-state index is 0.151. The second kappa shape index (κ2) is 7.85. The number of nitrogens with one attached hydrogen (secondary N) is 1. The molecule has 3 rings (SSSR count). The zero-order valence-electron chi connectivity index (χ0n) is 14.7. The number of hydrogen-bond acceptors (Lipinski definition) is 4. The summed E-state index contributed by atoms with van der Waals surface area (Å²) in [5.41, 5.74) is 0. The zero-order valence-corrected chi connectivity index (χ0v) is 15.5. The van der Waals surface area contributed by atoms with Gasteiger partial charge in [0.2, 0.25) is 15.9 Å². The Morgan fingerprint density at radius 2 is 1.48 bits per heavy atom. The molecule has 138 valence electrons. The van der Waals surface area contributed by atoms with E-state index in [0.29, 0.717) is 30.1 Å². The van der Waals surface area contributed by atoms with Gasteiger partial charge in [-0.05, 0) is 37.8 Å². The van der Waals surface area contributed by atoms with Crippen LogP contribution in [0, 0.1) is 0 Å². The van der Waals surface area contributed by atoms with Crippen LogP contribution in [0.4, 0.5) is 0 Å². The summed E-state index contributed by atoms with van der Waals surface area (Å²) in [6.07, 6.45) is 3.61. The summed E-state index contributed by atoms with van der Waals surface area (Å²) in [6, 6.07) is 9.44. The molecule has 0 saturated carbocycles. The monoisotopic (exact) mass is 365 g/mol. The number of rotatable bonds is 4. The minimum atomic E-state index is -3.37. The molecule has 1 aromatic carbocycles. The third-order valence-electron chi connectivity index (χ3n) is 5.25. The Morgan fingerprint density at radius 1 is 0.960 bits per heavy atom. The van der Waals surface area contributed by atoms with E-state index >= 15 is 0 Å². The van der Waals surface area contributed by atoms with Crippen molar-refractivity contribution in [2.24, 2.45) is 0 Å². The molecule has 2 aliphatic rings. The average molecular weight is 365 g/mol. The van der Waals surface area contributed by atoms with E-state index in [1.165, 1.54) is 0 Å². The number of piperidine rings is 2. The number of amides is 1. The third kappa shape index (κ3) is 4.40. The van der Waals surface area contributed by atoms with Crippen LogP contribution >= 0.6 is 0 Å². The standard InChI is InChI=1S/C18H27N3O3S/c1-15(22)20-11-7-16(8-12-20)19-17-9-13-21(14-10-17)25(23,24)18-5-3-2-4-6-18/h2-6,16-17,19H,7-14H2,1H3. The molecule has 1 N–H and O–H groups in total. The van der Waals surface area contributed by atoms with Crippen LogP contribution in [0.25, 0.3) is 0 Å². The molecule has 0 aromatic heterocycles. The molecule has 7 heteroatoms. The van der Waals surface area contributed by atoms with E-state index in [1.807, 2.05) is 11.0 Å². The van der Waals surface area contributed by atoms with Crippen molar-refractivity contribution in [3.63, 3.8) is 0 Å². The molecule has 2 fully saturated rings. The first kappa shape index (κ1) is 18.4. The largest absolute Gasteiger partial charge is 0.343 e. The van der Waals surface area contributed by atoms with Crippen molar-refractivity contribution in [3.8, 4) is 0 Å². The highest BCUT2D eigenvalue weighted by Crippen LogP contribution is 2.21. The molecule has 25 heavy (non-hydrogen) atoms. The molecule has 2 aliphatic heterocycles. The fourth-order valence-electron chi connectivity index (χ4n) is 3.70. The Morgan fingerprint density at radius 3 is 2.00 bits per heavy atom. The fraction of sp³-hybridized carbons (Fsp3) is 0.611. The number of carbonyl (C=O) groups is 1. The second-order valence-electron chi connectivity index (χ2n) is 6.94. The van der Waals surface area contributed by atoms with Gasteiger partial charge in [-0.25, -0.2) is 8.42 Å². The maximum absolute atomic E-state index is 12.7. The molecule has 0 aliphatic carbocycles. The summed E-state index contributed by atoms with van der Waals surface area (Å²) >= 11 is 0. The first-order valence-electron chi connectivity index (χ1n) is 9.03. The van der Waals surface area contributed by atoms with Crippen molar-refractivity contribution >= 4 is 15.9 Å². The topological polar surface area (TPSA) is 69.7 Å². The van der Waals surface area contributed by atoms with Gasteiger partial charge in [0, 0.05) is 45.2 Å². The fourth-order valence-corrected chi connectivity index (χ4v) is 5.19. The first-order chi connectivity index (χ1) is 12.0. The molecule has 0 atom stereocenters. The van der Waals surface area contributed by atoms with Gasteiger partial charge in [0.15, 0.2) is 0 Å². The van der Waals surface area contributed by atoms with Crippen molar-refractivity contribution in [2.45, 2.75) is 49.6 Å². The number of hydrogen-bond donors (Lipinski definition) is 1. The number of carbonyl (C=O) groups excluding carboxylic acids is 1. The van der Waals surface area contributed by atoms with Crippen LogP contribution in [-0.4, -0.2) is 61.8 Å². The van der Waals surface area contributed by atoms with E-state index in [-0.39, 0.29) is 5.91 Å². The summed E-state index contributed by atoms with van der Waals surface area (Å²) in [6.45, 7) is 4.36. The van der Waals surface area contributed by atoms with Crippen molar-refractivity contribution < 1.29 is 13.2 Å². The normalized spacial score (nSPS) is 21.4. The van der Waals surface area contributed by atoms with Gasteiger partial charge < -0.3 is 10.2 Å². The van der Waals surface area contributed by atoms with Gasteiger partial charge in [0.1, 0.15) is 0 Å². The lowest BCUT2D eigenvalue weighted by Crippen LogP contribution is -2.51. The summed E-state index contributed by atoms with van der Waals surface area (Å²) in [7, 11) is -3.37. The molecule has 2 saturated heterocycles. The Balaban J connectivity index is 1.49. The van der Waals surface area contributed by atoms with Crippen LogP contribution in [0.1, 0.15) is 32.6 Å². The summed E-state index contributed by atoms with van der Waals surface area (Å²) in [5, 5.41) is 3.67. The molecule has 0 unspecified atom stereocenters. The van der Waals surface area contributed by atoms with Crippen LogP contribution in [0.3, 0.4) is 0 Å². The molecular weight excluding hydrogens is 338 g/mol. The van der Waals surface area contributed by atoms with E-state index < -0.39 is 10.0 Å². The van der Waals surface area contributed by atoms with Gasteiger partial charge in [-0.15, -0.1) is 0 Å². The molecule has 0 bridgehead atoms. The van der Waals surface area contributed by atoms with Gasteiger partial charge in [-0.2, -0.15) is 4.31 Å². The van der Waals surface area contributed by atoms with Crippen molar-refractivity contribution in [1.29, 1.82) is 0 Å². The van der Waals surface area contributed by atoms with Crippen LogP contribution in [0.15, 0.2) is 35.2 Å². The highest BCUT2D eigenvalue weighted by atomic mass is 32.2. The van der Waals surface area contributed by atoms with Gasteiger partial charge in [0.05, 0.1) is 4.90 Å². The van der Waals surface area contributed by atoms with Gasteiger partial charge in [-0.3, -0.25) is 4.79 Å². The Bertz CT molecular complexity index is 677. The highest BCUT2D eigenvalue weighted by molar-refractivity contribution is 7.89. The lowest BCUT2D eigenvalue weighted by molar-refractivity contribution is -0.129. The summed E-state index contributed by atoms with van der Waals surface area (Å²) < 4.78 is 26.9. The van der Waals surface area contributed by atoms with Crippen molar-refractivity contribution in [1.82, 2.24) is 14.5 Å². The number of sulfonamides is 1. The predicted octanol–water partition coefficient (Wildman–Crippen LogP) is 1.44. The van der Waals surface area contributed by atoms with E-state index in [4.69, 9.17) is 0 Å². The van der Waals surface area contributed by atoms with E-state index in [0.717, 1.165) is 38.8 Å².